The molecule has 1 aromatic carbocycles. The lowest BCUT2D eigenvalue weighted by Gasteiger charge is -2.26. The lowest BCUT2D eigenvalue weighted by Crippen LogP contribution is -2.36. The van der Waals surface area contributed by atoms with Crippen molar-refractivity contribution in [2.75, 3.05) is 7.05 Å². The van der Waals surface area contributed by atoms with E-state index in [0.29, 0.717) is 5.56 Å². The first-order valence-corrected chi connectivity index (χ1v) is 5.27. The van der Waals surface area contributed by atoms with Gasteiger partial charge < -0.3 is 10.4 Å². The minimum atomic E-state index is -0.935. The maximum absolute atomic E-state index is 13.0. The summed E-state index contributed by atoms with van der Waals surface area (Å²) in [6.07, 6.45) is -0.847. The van der Waals surface area contributed by atoms with E-state index in [2.05, 4.69) is 5.32 Å². The molecule has 2 N–H and O–H groups in total. The van der Waals surface area contributed by atoms with Gasteiger partial charge in [-0.05, 0) is 30.7 Å². The summed E-state index contributed by atoms with van der Waals surface area (Å²) in [4.78, 5) is 0. The molecule has 0 heterocycles. The van der Waals surface area contributed by atoms with Crippen LogP contribution < -0.4 is 5.32 Å². The zero-order chi connectivity index (χ0) is 12.3. The van der Waals surface area contributed by atoms with Crippen LogP contribution in [0.4, 0.5) is 8.78 Å². The fourth-order valence-electron chi connectivity index (χ4n) is 1.76. The monoisotopic (exact) mass is 229 g/mol. The molecule has 0 aliphatic heterocycles. The minimum Gasteiger partial charge on any atom is -0.387 e. The third-order valence-corrected chi connectivity index (χ3v) is 2.68. The first-order chi connectivity index (χ1) is 7.47. The molecule has 0 amide bonds. The van der Waals surface area contributed by atoms with Gasteiger partial charge in [-0.2, -0.15) is 0 Å². The fourth-order valence-corrected chi connectivity index (χ4v) is 1.76. The van der Waals surface area contributed by atoms with Crippen molar-refractivity contribution in [1.29, 1.82) is 0 Å². The minimum absolute atomic E-state index is 0.188. The van der Waals surface area contributed by atoms with Crippen molar-refractivity contribution in [3.8, 4) is 0 Å². The normalized spacial score (nSPS) is 15.2. The quantitative estimate of drug-likeness (QED) is 0.830. The lowest BCUT2D eigenvalue weighted by atomic mass is 9.93. The van der Waals surface area contributed by atoms with Gasteiger partial charge >= 0.3 is 0 Å². The lowest BCUT2D eigenvalue weighted by molar-refractivity contribution is 0.109. The molecule has 0 spiro atoms. The van der Waals surface area contributed by atoms with Gasteiger partial charge in [-0.25, -0.2) is 8.78 Å². The van der Waals surface area contributed by atoms with Crippen LogP contribution in [-0.2, 0) is 0 Å². The van der Waals surface area contributed by atoms with Gasteiger partial charge in [0, 0.05) is 6.04 Å². The number of nitrogens with one attached hydrogen (secondary N) is 1. The van der Waals surface area contributed by atoms with Gasteiger partial charge in [0.05, 0.1) is 6.10 Å². The molecule has 0 aliphatic rings. The molecule has 0 saturated heterocycles. The van der Waals surface area contributed by atoms with Crippen LogP contribution in [0.1, 0.15) is 25.5 Å². The summed E-state index contributed by atoms with van der Waals surface area (Å²) in [6, 6.07) is 3.27. The number of hydrogen-bond donors (Lipinski definition) is 2. The number of aliphatic hydroxyl groups excluding tert-OH is 1. The van der Waals surface area contributed by atoms with Gasteiger partial charge in [-0.3, -0.25) is 0 Å². The Morgan fingerprint density at radius 2 is 1.81 bits per heavy atom. The molecule has 1 aromatic rings. The summed E-state index contributed by atoms with van der Waals surface area (Å²) in [5, 5.41) is 13.0. The van der Waals surface area contributed by atoms with E-state index >= 15 is 0 Å². The Kier molecular flexibility index (Phi) is 4.38. The predicted molar refractivity (Wildman–Crippen MR) is 59.0 cm³/mol. The van der Waals surface area contributed by atoms with Gasteiger partial charge in [0.15, 0.2) is 11.6 Å². The first-order valence-electron chi connectivity index (χ1n) is 5.27. The van der Waals surface area contributed by atoms with Crippen LogP contribution in [0.2, 0.25) is 0 Å². The molecule has 0 bridgehead atoms. The van der Waals surface area contributed by atoms with Crippen LogP contribution in [0.25, 0.3) is 0 Å². The van der Waals surface area contributed by atoms with Crippen molar-refractivity contribution in [2.24, 2.45) is 5.92 Å². The maximum Gasteiger partial charge on any atom is 0.159 e. The second kappa shape index (κ2) is 5.37. The SMILES string of the molecule is CNC(C(C)C)C(O)c1ccc(F)c(F)c1. The molecule has 2 nitrogen and oxygen atoms in total. The zero-order valence-electron chi connectivity index (χ0n) is 9.67. The summed E-state index contributed by atoms with van der Waals surface area (Å²) in [5.74, 6) is -1.65. The smallest absolute Gasteiger partial charge is 0.159 e. The molecule has 2 atom stereocenters. The Morgan fingerprint density at radius 1 is 1.19 bits per heavy atom. The highest BCUT2D eigenvalue weighted by molar-refractivity contribution is 5.21. The standard InChI is InChI=1S/C12H17F2NO/c1-7(2)11(15-3)12(16)8-4-5-9(13)10(14)6-8/h4-7,11-12,15-16H,1-3H3. The number of rotatable bonds is 4. The Balaban J connectivity index is 2.94. The van der Waals surface area contributed by atoms with Gasteiger partial charge in [-0.1, -0.05) is 19.9 Å². The topological polar surface area (TPSA) is 32.3 Å². The fraction of sp³-hybridized carbons (Fsp3) is 0.500. The summed E-state index contributed by atoms with van der Waals surface area (Å²) in [6.45, 7) is 3.90. The molecule has 4 heteroatoms. The van der Waals surface area contributed by atoms with Gasteiger partial charge in [0.1, 0.15) is 0 Å². The van der Waals surface area contributed by atoms with E-state index in [1.165, 1.54) is 6.07 Å². The van der Waals surface area contributed by atoms with E-state index in [9.17, 15) is 13.9 Å². The van der Waals surface area contributed by atoms with E-state index in [1.54, 1.807) is 7.05 Å². The summed E-state index contributed by atoms with van der Waals surface area (Å²) in [7, 11) is 1.73. The zero-order valence-corrected chi connectivity index (χ0v) is 9.67. The number of halogens is 2. The highest BCUT2D eigenvalue weighted by atomic mass is 19.2. The Hall–Kier alpha value is -1.00. The van der Waals surface area contributed by atoms with Gasteiger partial charge in [-0.15, -0.1) is 0 Å². The third-order valence-electron chi connectivity index (χ3n) is 2.68. The molecule has 1 rings (SSSR count). The summed E-state index contributed by atoms with van der Waals surface area (Å²) in [5.41, 5.74) is 0.381. The summed E-state index contributed by atoms with van der Waals surface area (Å²) < 4.78 is 25.7. The van der Waals surface area contributed by atoms with Gasteiger partial charge in [0.2, 0.25) is 0 Å². The summed E-state index contributed by atoms with van der Waals surface area (Å²) >= 11 is 0. The number of benzene rings is 1. The van der Waals surface area contributed by atoms with E-state index in [-0.39, 0.29) is 12.0 Å². The second-order valence-corrected chi connectivity index (χ2v) is 4.18. The Bertz CT molecular complexity index is 355. The van der Waals surface area contributed by atoms with Crippen molar-refractivity contribution < 1.29 is 13.9 Å². The van der Waals surface area contributed by atoms with E-state index in [0.717, 1.165) is 12.1 Å². The maximum atomic E-state index is 13.0. The van der Waals surface area contributed by atoms with Crippen LogP contribution in [0.5, 0.6) is 0 Å². The molecule has 2 unspecified atom stereocenters. The molecule has 0 saturated carbocycles. The van der Waals surface area contributed by atoms with Crippen molar-refractivity contribution in [3.63, 3.8) is 0 Å². The number of aliphatic hydroxyl groups is 1. The highest BCUT2D eigenvalue weighted by Gasteiger charge is 2.23. The average Bonchev–Trinajstić information content (AvgIpc) is 2.22. The van der Waals surface area contributed by atoms with Crippen molar-refractivity contribution in [3.05, 3.63) is 35.4 Å². The number of hydrogen-bond acceptors (Lipinski definition) is 2. The second-order valence-electron chi connectivity index (χ2n) is 4.18. The van der Waals surface area contributed by atoms with E-state index < -0.39 is 17.7 Å². The van der Waals surface area contributed by atoms with Gasteiger partial charge in [0.25, 0.3) is 0 Å². The largest absolute Gasteiger partial charge is 0.387 e. The predicted octanol–water partition coefficient (Wildman–Crippen LogP) is 2.24. The van der Waals surface area contributed by atoms with E-state index in [1.807, 2.05) is 13.8 Å². The van der Waals surface area contributed by atoms with Crippen molar-refractivity contribution >= 4 is 0 Å². The molecule has 90 valence electrons. The van der Waals surface area contributed by atoms with Crippen LogP contribution in [0.15, 0.2) is 18.2 Å². The van der Waals surface area contributed by atoms with Crippen LogP contribution in [0.3, 0.4) is 0 Å². The van der Waals surface area contributed by atoms with Crippen LogP contribution in [-0.4, -0.2) is 18.2 Å². The number of likely N-dealkylation sites (N-methyl/N-ethyl adjacent to an activating group) is 1. The molecule has 0 fully saturated rings. The van der Waals surface area contributed by atoms with Crippen molar-refractivity contribution in [2.45, 2.75) is 26.0 Å². The molecular formula is C12H17F2NO. The van der Waals surface area contributed by atoms with Crippen LogP contribution >= 0.6 is 0 Å². The molecule has 0 aromatic heterocycles. The molecule has 16 heavy (non-hydrogen) atoms. The Labute approximate surface area is 94.3 Å². The van der Waals surface area contributed by atoms with Crippen molar-refractivity contribution in [1.82, 2.24) is 5.32 Å². The third kappa shape index (κ3) is 2.77. The Morgan fingerprint density at radius 3 is 2.25 bits per heavy atom. The average molecular weight is 229 g/mol. The first kappa shape index (κ1) is 13.1. The molecular weight excluding hydrogens is 212 g/mol. The van der Waals surface area contributed by atoms with E-state index in [4.69, 9.17) is 0 Å². The molecule has 0 radical (unpaired) electrons. The van der Waals surface area contributed by atoms with Crippen LogP contribution in [0, 0.1) is 17.6 Å². The molecule has 0 aliphatic carbocycles. The highest BCUT2D eigenvalue weighted by Crippen LogP contribution is 2.23.